The van der Waals surface area contributed by atoms with E-state index in [0.29, 0.717) is 38.3 Å². The summed E-state index contributed by atoms with van der Waals surface area (Å²) in [5.74, 6) is -0.680. The molecule has 0 unspecified atom stereocenters. The number of thiocarbonyl (C=S) groups is 1. The van der Waals surface area contributed by atoms with E-state index in [9.17, 15) is 14.4 Å². The minimum absolute atomic E-state index is 0.153. The largest absolute Gasteiger partial charge is 0.324 e. The zero-order valence-corrected chi connectivity index (χ0v) is 19.7. The van der Waals surface area contributed by atoms with Crippen LogP contribution in [0.3, 0.4) is 0 Å². The molecule has 32 heavy (non-hydrogen) atoms. The monoisotopic (exact) mass is 465 g/mol. The molecule has 0 spiro atoms. The van der Waals surface area contributed by atoms with Crippen LogP contribution in [0.1, 0.15) is 25.0 Å². The molecule has 0 atom stereocenters. The van der Waals surface area contributed by atoms with E-state index in [-0.39, 0.29) is 30.2 Å². The Balaban J connectivity index is 1.65. The number of para-hydroxylation sites is 2. The van der Waals surface area contributed by atoms with Crippen LogP contribution in [-0.4, -0.2) is 40.0 Å². The first-order valence-electron chi connectivity index (χ1n) is 10.3. The highest BCUT2D eigenvalue weighted by molar-refractivity contribution is 8.26. The van der Waals surface area contributed by atoms with Gasteiger partial charge in [-0.3, -0.25) is 24.2 Å². The van der Waals surface area contributed by atoms with Crippen LogP contribution in [0.4, 0.5) is 11.4 Å². The molecule has 1 N–H and O–H groups in total. The number of carbonyl (C=O) groups is 3. The molecule has 164 valence electrons. The summed E-state index contributed by atoms with van der Waals surface area (Å²) in [6.07, 6.45) is 0. The lowest BCUT2D eigenvalue weighted by Gasteiger charge is -2.17. The third-order valence-electron chi connectivity index (χ3n) is 5.27. The highest BCUT2D eigenvalue weighted by atomic mass is 32.2. The van der Waals surface area contributed by atoms with Gasteiger partial charge in [0.2, 0.25) is 5.91 Å². The highest BCUT2D eigenvalue weighted by Crippen LogP contribution is 2.44. The molecule has 2 aliphatic rings. The minimum Gasteiger partial charge on any atom is -0.324 e. The van der Waals surface area contributed by atoms with Gasteiger partial charge in [-0.05, 0) is 30.5 Å². The van der Waals surface area contributed by atoms with Crippen molar-refractivity contribution >= 4 is 63.0 Å². The Labute approximate surface area is 196 Å². The van der Waals surface area contributed by atoms with Crippen molar-refractivity contribution in [1.29, 1.82) is 0 Å². The van der Waals surface area contributed by atoms with Gasteiger partial charge in [0.1, 0.15) is 10.9 Å². The normalized spacial score (nSPS) is 18.1. The summed E-state index contributed by atoms with van der Waals surface area (Å²) in [7, 11) is 0. The number of hydrogen-bond donors (Lipinski definition) is 1. The first kappa shape index (κ1) is 22.2. The summed E-state index contributed by atoms with van der Waals surface area (Å²) in [4.78, 5) is 42.6. The van der Waals surface area contributed by atoms with Crippen LogP contribution in [0.2, 0.25) is 0 Å². The molecule has 3 amide bonds. The van der Waals surface area contributed by atoms with Crippen LogP contribution in [0.25, 0.3) is 5.57 Å². The zero-order chi connectivity index (χ0) is 23.0. The van der Waals surface area contributed by atoms with Gasteiger partial charge in [-0.1, -0.05) is 74.2 Å². The Bertz CT molecular complexity index is 1170. The van der Waals surface area contributed by atoms with Gasteiger partial charge in [0.05, 0.1) is 16.2 Å². The van der Waals surface area contributed by atoms with Gasteiger partial charge in [0, 0.05) is 17.8 Å². The molecule has 0 bridgehead atoms. The van der Waals surface area contributed by atoms with Crippen LogP contribution >= 0.6 is 24.0 Å². The van der Waals surface area contributed by atoms with Gasteiger partial charge in [0.25, 0.3) is 11.8 Å². The first-order chi connectivity index (χ1) is 15.3. The molecule has 6 nitrogen and oxygen atoms in total. The third-order valence-corrected chi connectivity index (χ3v) is 6.72. The number of nitrogens with zero attached hydrogens (tertiary/aromatic N) is 2. The van der Waals surface area contributed by atoms with Crippen LogP contribution in [-0.2, 0) is 14.4 Å². The van der Waals surface area contributed by atoms with E-state index < -0.39 is 0 Å². The van der Waals surface area contributed by atoms with Crippen molar-refractivity contribution in [2.45, 2.75) is 20.8 Å². The smallest absolute Gasteiger partial charge is 0.267 e. The van der Waals surface area contributed by atoms with E-state index in [2.05, 4.69) is 5.32 Å². The van der Waals surface area contributed by atoms with Gasteiger partial charge in [-0.15, -0.1) is 0 Å². The Morgan fingerprint density at radius 1 is 1.03 bits per heavy atom. The molecule has 2 aromatic carbocycles. The average Bonchev–Trinajstić information content (AvgIpc) is 3.17. The molecule has 0 aliphatic carbocycles. The second-order valence-corrected chi connectivity index (χ2v) is 9.80. The van der Waals surface area contributed by atoms with E-state index in [4.69, 9.17) is 12.2 Å². The fraction of sp³-hybridized carbons (Fsp3) is 0.250. The lowest BCUT2D eigenvalue weighted by molar-refractivity contribution is -0.122. The van der Waals surface area contributed by atoms with Gasteiger partial charge in [0.15, 0.2) is 0 Å². The zero-order valence-electron chi connectivity index (χ0n) is 18.0. The van der Waals surface area contributed by atoms with E-state index in [1.807, 2.05) is 57.2 Å². The maximum absolute atomic E-state index is 13.4. The lowest BCUT2D eigenvalue weighted by Crippen LogP contribution is -2.36. The number of benzene rings is 2. The first-order valence-corrected chi connectivity index (χ1v) is 11.5. The third kappa shape index (κ3) is 4.08. The van der Waals surface area contributed by atoms with E-state index >= 15 is 0 Å². The predicted octanol–water partition coefficient (Wildman–Crippen LogP) is 4.21. The topological polar surface area (TPSA) is 69.7 Å². The molecular formula is C24H23N3O3S2. The Morgan fingerprint density at radius 2 is 1.72 bits per heavy atom. The van der Waals surface area contributed by atoms with Crippen molar-refractivity contribution in [2.24, 2.45) is 5.92 Å². The maximum atomic E-state index is 13.4. The minimum atomic E-state index is -0.365. The highest BCUT2D eigenvalue weighted by Gasteiger charge is 2.42. The fourth-order valence-corrected chi connectivity index (χ4v) is 5.12. The second-order valence-electron chi connectivity index (χ2n) is 8.15. The van der Waals surface area contributed by atoms with Crippen LogP contribution in [0.5, 0.6) is 0 Å². The van der Waals surface area contributed by atoms with Crippen LogP contribution in [0.15, 0.2) is 53.4 Å². The van der Waals surface area contributed by atoms with E-state index in [0.717, 1.165) is 17.3 Å². The molecule has 2 aliphatic heterocycles. The number of hydrogen-bond acceptors (Lipinski definition) is 5. The SMILES string of the molecule is Cc1ccccc1NC(=O)CN1C(=O)/C(=C2\SC(=S)N(CC(C)C)C2=O)c2ccccc21. The fourth-order valence-electron chi connectivity index (χ4n) is 3.77. The number of carbonyl (C=O) groups excluding carboxylic acids is 3. The van der Waals surface area contributed by atoms with Crippen LogP contribution < -0.4 is 10.2 Å². The number of anilines is 2. The molecule has 1 saturated heterocycles. The van der Waals surface area contributed by atoms with Crippen molar-refractivity contribution in [3.05, 3.63) is 64.6 Å². The predicted molar refractivity (Wildman–Crippen MR) is 132 cm³/mol. The van der Waals surface area contributed by atoms with Gasteiger partial charge in [-0.2, -0.15) is 0 Å². The molecule has 2 aromatic rings. The molecule has 1 fully saturated rings. The average molecular weight is 466 g/mol. The Kier molecular flexibility index (Phi) is 6.17. The van der Waals surface area contributed by atoms with Crippen molar-refractivity contribution in [3.63, 3.8) is 0 Å². The number of fused-ring (bicyclic) bond motifs is 1. The number of aryl methyl sites for hydroxylation is 1. The number of amides is 3. The molecule has 0 saturated carbocycles. The second kappa shape index (κ2) is 8.88. The van der Waals surface area contributed by atoms with Crippen molar-refractivity contribution < 1.29 is 14.4 Å². The number of nitrogens with one attached hydrogen (secondary N) is 1. The summed E-state index contributed by atoms with van der Waals surface area (Å²) >= 11 is 6.57. The summed E-state index contributed by atoms with van der Waals surface area (Å²) < 4.78 is 0.451. The lowest BCUT2D eigenvalue weighted by atomic mass is 10.1. The van der Waals surface area contributed by atoms with Crippen LogP contribution in [0, 0.1) is 12.8 Å². The van der Waals surface area contributed by atoms with Gasteiger partial charge >= 0.3 is 0 Å². The Morgan fingerprint density at radius 3 is 2.44 bits per heavy atom. The maximum Gasteiger partial charge on any atom is 0.267 e. The molecule has 8 heteroatoms. The molecule has 0 radical (unpaired) electrons. The number of thioether (sulfide) groups is 1. The van der Waals surface area contributed by atoms with Crippen molar-refractivity contribution in [1.82, 2.24) is 4.90 Å². The number of rotatable bonds is 5. The van der Waals surface area contributed by atoms with Crippen molar-refractivity contribution in [3.8, 4) is 0 Å². The van der Waals surface area contributed by atoms with E-state index in [1.165, 1.54) is 4.90 Å². The standard InChI is InChI=1S/C24H23N3O3S2/c1-14(2)12-27-23(30)21(32-24(27)31)20-16-9-5-7-11-18(16)26(22(20)29)13-19(28)25-17-10-6-4-8-15(17)3/h4-11,14H,12-13H2,1-3H3,(H,25,28)/b21-20-. The summed E-state index contributed by atoms with van der Waals surface area (Å²) in [6, 6.07) is 14.7. The molecule has 2 heterocycles. The molecular weight excluding hydrogens is 442 g/mol. The quantitative estimate of drug-likeness (QED) is 0.529. The Hall–Kier alpha value is -2.97. The van der Waals surface area contributed by atoms with E-state index in [1.54, 1.807) is 17.0 Å². The summed E-state index contributed by atoms with van der Waals surface area (Å²) in [6.45, 7) is 6.27. The van der Waals surface area contributed by atoms with Crippen molar-refractivity contribution in [2.75, 3.05) is 23.3 Å². The summed E-state index contributed by atoms with van der Waals surface area (Å²) in [5.41, 5.74) is 3.21. The van der Waals surface area contributed by atoms with Gasteiger partial charge < -0.3 is 5.32 Å². The van der Waals surface area contributed by atoms with Gasteiger partial charge in [-0.25, -0.2) is 0 Å². The molecule has 4 rings (SSSR count). The summed E-state index contributed by atoms with van der Waals surface area (Å²) in [5, 5.41) is 2.87. The molecule has 0 aromatic heterocycles.